The van der Waals surface area contributed by atoms with Crippen molar-refractivity contribution in [1.82, 2.24) is 14.9 Å². The normalized spacial score (nSPS) is 27.3. The van der Waals surface area contributed by atoms with Gasteiger partial charge in [-0.2, -0.15) is 0 Å². The molecule has 0 spiro atoms. The molecule has 2 N–H and O–H groups in total. The molecule has 9 heteroatoms. The van der Waals surface area contributed by atoms with Gasteiger partial charge in [-0.25, -0.2) is 18.7 Å². The lowest BCUT2D eigenvalue weighted by atomic mass is 9.96. The Bertz CT molecular complexity index is 811. The maximum absolute atomic E-state index is 13.8. The van der Waals surface area contributed by atoms with Crippen LogP contribution in [0.4, 0.5) is 20.4 Å². The van der Waals surface area contributed by atoms with Crippen molar-refractivity contribution in [1.29, 1.82) is 0 Å². The van der Waals surface area contributed by atoms with Gasteiger partial charge in [-0.3, -0.25) is 4.79 Å². The topological polar surface area (TPSA) is 78.6 Å². The lowest BCUT2D eigenvalue weighted by Gasteiger charge is -2.34. The number of rotatable bonds is 3. The van der Waals surface area contributed by atoms with E-state index in [2.05, 4.69) is 9.88 Å². The molecule has 1 amide bonds. The van der Waals surface area contributed by atoms with Crippen LogP contribution in [-0.2, 0) is 10.2 Å². The summed E-state index contributed by atoms with van der Waals surface area (Å²) in [5, 5.41) is 0. The van der Waals surface area contributed by atoms with Gasteiger partial charge in [0.25, 0.3) is 5.92 Å². The Kier molecular flexibility index (Phi) is 5.36. The quantitative estimate of drug-likeness (QED) is 0.804. The molecule has 0 radical (unpaired) electrons. The lowest BCUT2D eigenvalue weighted by molar-refractivity contribution is -0.135. The number of amides is 1. The third-order valence-electron chi connectivity index (χ3n) is 6.28. The van der Waals surface area contributed by atoms with Gasteiger partial charge in [0.2, 0.25) is 5.91 Å². The Hall–Kier alpha value is -2.03. The second-order valence-corrected chi connectivity index (χ2v) is 9.87. The zero-order chi connectivity index (χ0) is 21.7. The summed E-state index contributed by atoms with van der Waals surface area (Å²) in [6, 6.07) is 1.58. The summed E-state index contributed by atoms with van der Waals surface area (Å²) in [5.41, 5.74) is 6.11. The number of anilines is 2. The highest BCUT2D eigenvalue weighted by Gasteiger charge is 2.41. The number of carbonyl (C=O) groups excluding carboxylic acids is 1. The van der Waals surface area contributed by atoms with E-state index in [1.165, 1.54) is 0 Å². The van der Waals surface area contributed by atoms with Crippen LogP contribution < -0.4 is 15.5 Å². The van der Waals surface area contributed by atoms with Gasteiger partial charge < -0.3 is 20.4 Å². The average Bonchev–Trinajstić information content (AvgIpc) is 3.23. The van der Waals surface area contributed by atoms with E-state index in [9.17, 15) is 13.6 Å². The molecule has 4 rings (SSSR count). The molecular formula is C21H32F2N6O. The Morgan fingerprint density at radius 3 is 2.40 bits per heavy atom. The van der Waals surface area contributed by atoms with Gasteiger partial charge in [0.1, 0.15) is 17.5 Å². The number of nitrogens with two attached hydrogens (primary N) is 1. The molecule has 3 aliphatic rings. The molecule has 166 valence electrons. The van der Waals surface area contributed by atoms with Crippen LogP contribution in [0.15, 0.2) is 6.07 Å². The van der Waals surface area contributed by atoms with Gasteiger partial charge in [0.05, 0.1) is 12.6 Å². The number of carbonyl (C=O) groups is 1. The molecule has 0 saturated carbocycles. The van der Waals surface area contributed by atoms with Gasteiger partial charge in [-0.15, -0.1) is 0 Å². The third-order valence-corrected chi connectivity index (χ3v) is 6.28. The van der Waals surface area contributed by atoms with Crippen LogP contribution in [0, 0.1) is 0 Å². The molecule has 1 aromatic rings. The first-order valence-corrected chi connectivity index (χ1v) is 10.9. The first-order valence-electron chi connectivity index (χ1n) is 10.9. The number of nitrogens with zero attached hydrogens (tertiary/aromatic N) is 5. The molecule has 30 heavy (non-hydrogen) atoms. The largest absolute Gasteiger partial charge is 0.353 e. The van der Waals surface area contributed by atoms with Gasteiger partial charge in [-0.1, -0.05) is 20.8 Å². The van der Waals surface area contributed by atoms with E-state index in [0.29, 0.717) is 37.0 Å². The maximum Gasteiger partial charge on any atom is 0.266 e. The number of alkyl halides is 2. The van der Waals surface area contributed by atoms with E-state index in [1.807, 2.05) is 25.7 Å². The molecule has 2 unspecified atom stereocenters. The Labute approximate surface area is 176 Å². The molecule has 0 aliphatic carbocycles. The number of piperidine rings is 1. The number of likely N-dealkylation sites (tertiary alicyclic amines) is 1. The fourth-order valence-electron chi connectivity index (χ4n) is 4.52. The lowest BCUT2D eigenvalue weighted by Crippen LogP contribution is -2.51. The molecule has 3 fully saturated rings. The van der Waals surface area contributed by atoms with Crippen molar-refractivity contribution in [3.63, 3.8) is 0 Å². The summed E-state index contributed by atoms with van der Waals surface area (Å²) in [6.07, 6.45) is 2.36. The average molecular weight is 423 g/mol. The van der Waals surface area contributed by atoms with E-state index in [1.54, 1.807) is 11.0 Å². The Morgan fingerprint density at radius 2 is 1.80 bits per heavy atom. The second kappa shape index (κ2) is 7.59. The van der Waals surface area contributed by atoms with E-state index in [4.69, 9.17) is 10.7 Å². The van der Waals surface area contributed by atoms with Crippen molar-refractivity contribution in [2.75, 3.05) is 42.5 Å². The minimum atomic E-state index is -2.69. The van der Waals surface area contributed by atoms with E-state index in [-0.39, 0.29) is 42.9 Å². The fraction of sp³-hybridized carbons (Fsp3) is 0.762. The van der Waals surface area contributed by atoms with Gasteiger partial charge in [0, 0.05) is 56.5 Å². The van der Waals surface area contributed by atoms with Crippen LogP contribution in [0.5, 0.6) is 0 Å². The van der Waals surface area contributed by atoms with Crippen molar-refractivity contribution in [2.24, 2.45) is 5.73 Å². The van der Waals surface area contributed by atoms with Crippen molar-refractivity contribution in [3.05, 3.63) is 11.9 Å². The van der Waals surface area contributed by atoms with Crippen LogP contribution in [0.25, 0.3) is 0 Å². The molecule has 3 saturated heterocycles. The van der Waals surface area contributed by atoms with Crippen molar-refractivity contribution < 1.29 is 13.6 Å². The minimum Gasteiger partial charge on any atom is -0.353 e. The van der Waals surface area contributed by atoms with E-state index >= 15 is 0 Å². The SMILES string of the molecule is CC(C)(C)c1nc(N2CC(N)C(N3CCCCC3=O)C2)cc(N2CCC(F)(F)C2)n1. The predicted octanol–water partition coefficient (Wildman–Crippen LogP) is 2.15. The summed E-state index contributed by atoms with van der Waals surface area (Å²) in [6.45, 7) is 7.91. The van der Waals surface area contributed by atoms with Crippen LogP contribution >= 0.6 is 0 Å². The first-order chi connectivity index (χ1) is 14.0. The highest BCUT2D eigenvalue weighted by molar-refractivity contribution is 5.77. The monoisotopic (exact) mass is 422 g/mol. The number of hydrogen-bond acceptors (Lipinski definition) is 6. The Balaban J connectivity index is 1.61. The molecule has 1 aromatic heterocycles. The maximum atomic E-state index is 13.8. The predicted molar refractivity (Wildman–Crippen MR) is 112 cm³/mol. The summed E-state index contributed by atoms with van der Waals surface area (Å²) in [4.78, 5) is 27.4. The third kappa shape index (κ3) is 4.22. The van der Waals surface area contributed by atoms with Crippen molar-refractivity contribution in [3.8, 4) is 0 Å². The van der Waals surface area contributed by atoms with Crippen LogP contribution in [0.3, 0.4) is 0 Å². The van der Waals surface area contributed by atoms with E-state index < -0.39 is 5.92 Å². The second-order valence-electron chi connectivity index (χ2n) is 9.87. The highest BCUT2D eigenvalue weighted by Crippen LogP contribution is 2.34. The summed E-state index contributed by atoms with van der Waals surface area (Å²) >= 11 is 0. The van der Waals surface area contributed by atoms with Crippen LogP contribution in [0.1, 0.15) is 52.3 Å². The smallest absolute Gasteiger partial charge is 0.266 e. The first kappa shape index (κ1) is 21.2. The van der Waals surface area contributed by atoms with Crippen molar-refractivity contribution in [2.45, 2.75) is 69.9 Å². The molecular weight excluding hydrogens is 390 g/mol. The van der Waals surface area contributed by atoms with Crippen molar-refractivity contribution >= 4 is 17.5 Å². The summed E-state index contributed by atoms with van der Waals surface area (Å²) in [7, 11) is 0. The van der Waals surface area contributed by atoms with Gasteiger partial charge in [-0.05, 0) is 12.8 Å². The molecule has 0 aromatic carbocycles. The summed E-state index contributed by atoms with van der Waals surface area (Å²) in [5.74, 6) is -0.670. The number of aromatic nitrogens is 2. The molecule has 7 nitrogen and oxygen atoms in total. The summed E-state index contributed by atoms with van der Waals surface area (Å²) < 4.78 is 27.6. The van der Waals surface area contributed by atoms with Gasteiger partial charge in [0.15, 0.2) is 0 Å². The van der Waals surface area contributed by atoms with Crippen LogP contribution in [-0.4, -0.2) is 71.5 Å². The molecule has 0 bridgehead atoms. The van der Waals surface area contributed by atoms with E-state index in [0.717, 1.165) is 19.4 Å². The zero-order valence-corrected chi connectivity index (χ0v) is 18.1. The standard InChI is InChI=1S/C21H32F2N6O/c1-20(2,3)19-25-16(27-9-7-21(22,23)13-27)10-17(26-19)28-11-14(24)15(12-28)29-8-5-4-6-18(29)30/h10,14-15H,4-9,11-13,24H2,1-3H3. The highest BCUT2D eigenvalue weighted by atomic mass is 19.3. The molecule has 2 atom stereocenters. The zero-order valence-electron chi connectivity index (χ0n) is 18.1. The minimum absolute atomic E-state index is 0.0505. The number of hydrogen-bond donors (Lipinski definition) is 1. The fourth-order valence-corrected chi connectivity index (χ4v) is 4.52. The molecule has 4 heterocycles. The Morgan fingerprint density at radius 1 is 1.10 bits per heavy atom. The van der Waals surface area contributed by atoms with Gasteiger partial charge >= 0.3 is 0 Å². The number of halogens is 2. The molecule has 3 aliphatic heterocycles. The van der Waals surface area contributed by atoms with Crippen LogP contribution in [0.2, 0.25) is 0 Å².